The summed E-state index contributed by atoms with van der Waals surface area (Å²) in [4.78, 5) is 16.6. The van der Waals surface area contributed by atoms with Crippen molar-refractivity contribution in [3.05, 3.63) is 70.5 Å². The zero-order valence-electron chi connectivity index (χ0n) is 21.1. The van der Waals surface area contributed by atoms with Gasteiger partial charge in [-0.25, -0.2) is 13.2 Å². The number of carboxylic acid groups (broad SMARTS) is 1. The van der Waals surface area contributed by atoms with Gasteiger partial charge in [-0.1, -0.05) is 80.2 Å². The zero-order chi connectivity index (χ0) is 27.6. The van der Waals surface area contributed by atoms with Crippen molar-refractivity contribution in [1.29, 1.82) is 0 Å². The fraction of sp³-hybridized carbons (Fsp3) is 0.296. The van der Waals surface area contributed by atoms with Crippen LogP contribution in [0.4, 0.5) is 5.69 Å². The number of aliphatic carboxylic acids is 1. The molecule has 4 aromatic rings. The van der Waals surface area contributed by atoms with Crippen molar-refractivity contribution in [2.45, 2.75) is 56.9 Å². The number of hydrogen-bond acceptors (Lipinski definition) is 6. The zero-order valence-corrected chi connectivity index (χ0v) is 23.4. The molecule has 1 aromatic heterocycles. The van der Waals surface area contributed by atoms with Gasteiger partial charge in [0, 0.05) is 21.5 Å². The molecular weight excluding hydrogens is 549 g/mol. The summed E-state index contributed by atoms with van der Waals surface area (Å²) in [5.41, 5.74) is 0.955. The number of unbranched alkanes of at least 4 members (excludes halogenated alkanes) is 1. The minimum atomic E-state index is -4.35. The average Bonchev–Trinajstić information content (AvgIpc) is 3.36. The van der Waals surface area contributed by atoms with E-state index in [1.165, 1.54) is 18.2 Å². The fourth-order valence-corrected chi connectivity index (χ4v) is 6.47. The predicted molar refractivity (Wildman–Crippen MR) is 148 cm³/mol. The van der Waals surface area contributed by atoms with Gasteiger partial charge in [-0.15, -0.1) is 0 Å². The molecule has 0 aliphatic carbocycles. The molecule has 0 saturated carbocycles. The maximum atomic E-state index is 13.9. The summed E-state index contributed by atoms with van der Waals surface area (Å²) >= 11 is 12.2. The molecule has 0 bridgehead atoms. The number of halogens is 2. The molecule has 1 N–H and O–H groups in total. The number of fused-ring (bicyclic) bond motifs is 1. The number of aromatic nitrogens is 2. The van der Waals surface area contributed by atoms with Crippen molar-refractivity contribution in [1.82, 2.24) is 10.1 Å². The van der Waals surface area contributed by atoms with Gasteiger partial charge in [0.05, 0.1) is 10.6 Å². The lowest BCUT2D eigenvalue weighted by Crippen LogP contribution is -2.45. The molecule has 4 rings (SSSR count). The third-order valence-electron chi connectivity index (χ3n) is 6.06. The number of hydrogen-bond donors (Lipinski definition) is 1. The molecule has 1 heterocycles. The van der Waals surface area contributed by atoms with Crippen LogP contribution in [0, 0.1) is 0 Å². The van der Waals surface area contributed by atoms with E-state index in [9.17, 15) is 18.3 Å². The van der Waals surface area contributed by atoms with Crippen molar-refractivity contribution in [3.63, 3.8) is 0 Å². The largest absolute Gasteiger partial charge is 0.480 e. The highest BCUT2D eigenvalue weighted by atomic mass is 35.5. The van der Waals surface area contributed by atoms with E-state index >= 15 is 0 Å². The van der Waals surface area contributed by atoms with Gasteiger partial charge >= 0.3 is 5.97 Å². The Morgan fingerprint density at radius 3 is 2.29 bits per heavy atom. The Morgan fingerprint density at radius 2 is 1.68 bits per heavy atom. The predicted octanol–water partition coefficient (Wildman–Crippen LogP) is 7.16. The maximum absolute atomic E-state index is 13.9. The minimum Gasteiger partial charge on any atom is -0.480 e. The Bertz CT molecular complexity index is 1570. The van der Waals surface area contributed by atoms with Gasteiger partial charge in [-0.3, -0.25) is 4.31 Å². The summed E-state index contributed by atoms with van der Waals surface area (Å²) < 4.78 is 34.1. The molecule has 0 aliphatic heterocycles. The van der Waals surface area contributed by atoms with Crippen LogP contribution in [0.3, 0.4) is 0 Å². The van der Waals surface area contributed by atoms with E-state index in [1.54, 1.807) is 18.2 Å². The maximum Gasteiger partial charge on any atom is 0.327 e. The Labute approximate surface area is 231 Å². The highest BCUT2D eigenvalue weighted by Gasteiger charge is 2.36. The van der Waals surface area contributed by atoms with E-state index in [4.69, 9.17) is 27.7 Å². The molecule has 0 spiro atoms. The second kappa shape index (κ2) is 11.3. The van der Waals surface area contributed by atoms with Crippen molar-refractivity contribution < 1.29 is 22.8 Å². The molecule has 0 radical (unpaired) electrons. The highest BCUT2D eigenvalue weighted by Crippen LogP contribution is 2.34. The van der Waals surface area contributed by atoms with Crippen molar-refractivity contribution in [3.8, 4) is 11.4 Å². The van der Waals surface area contributed by atoms with Crippen LogP contribution in [0.5, 0.6) is 0 Å². The van der Waals surface area contributed by atoms with Gasteiger partial charge in [0.15, 0.2) is 0 Å². The van der Waals surface area contributed by atoms with E-state index < -0.39 is 22.0 Å². The molecule has 11 heteroatoms. The number of carbonyl (C=O) groups is 1. The van der Waals surface area contributed by atoms with E-state index in [-0.39, 0.29) is 33.0 Å². The summed E-state index contributed by atoms with van der Waals surface area (Å²) in [6.45, 7) is 5.83. The third kappa shape index (κ3) is 5.80. The van der Waals surface area contributed by atoms with Crippen LogP contribution in [0.2, 0.25) is 10.0 Å². The quantitative estimate of drug-likeness (QED) is 0.213. The monoisotopic (exact) mass is 575 g/mol. The molecule has 8 nitrogen and oxygen atoms in total. The van der Waals surface area contributed by atoms with Crippen LogP contribution in [0.1, 0.15) is 51.8 Å². The molecule has 200 valence electrons. The van der Waals surface area contributed by atoms with Gasteiger partial charge in [-0.2, -0.15) is 4.98 Å². The van der Waals surface area contributed by atoms with Gasteiger partial charge in [0.2, 0.25) is 11.7 Å². The minimum absolute atomic E-state index is 0.0939. The van der Waals surface area contributed by atoms with Crippen molar-refractivity contribution in [2.75, 3.05) is 4.31 Å². The standard InChI is InChI=1S/C27H27Cl2N3O5S/c1-4-5-6-24(27(33)34)32(38(35,36)23-14-20(28)13-21(29)15-23)22-10-9-17-11-19(8-7-18(17)12-22)25-30-26(16(2)3)37-31-25/h7-16,24H,4-6H2,1-3H3,(H,33,34). The van der Waals surface area contributed by atoms with Crippen LogP contribution in [-0.4, -0.2) is 35.7 Å². The first kappa shape index (κ1) is 27.9. The lowest BCUT2D eigenvalue weighted by atomic mass is 10.0. The Balaban J connectivity index is 1.83. The lowest BCUT2D eigenvalue weighted by molar-refractivity contribution is -0.138. The highest BCUT2D eigenvalue weighted by molar-refractivity contribution is 7.93. The topological polar surface area (TPSA) is 114 Å². The smallest absolute Gasteiger partial charge is 0.327 e. The number of anilines is 1. The number of rotatable bonds is 10. The molecule has 0 saturated heterocycles. The van der Waals surface area contributed by atoms with E-state index in [0.29, 0.717) is 29.9 Å². The Kier molecular flexibility index (Phi) is 8.30. The summed E-state index contributed by atoms with van der Waals surface area (Å²) in [5.74, 6) is -0.170. The molecule has 0 amide bonds. The van der Waals surface area contributed by atoms with E-state index in [2.05, 4.69) is 10.1 Å². The lowest BCUT2D eigenvalue weighted by Gasteiger charge is -2.30. The van der Waals surface area contributed by atoms with Crippen LogP contribution in [0.15, 0.2) is 64.0 Å². The second-order valence-corrected chi connectivity index (χ2v) is 11.9. The molecule has 1 atom stereocenters. The van der Waals surface area contributed by atoms with Gasteiger partial charge in [0.1, 0.15) is 6.04 Å². The summed E-state index contributed by atoms with van der Waals surface area (Å²) in [7, 11) is -4.35. The molecular formula is C27H27Cl2N3O5S. The first-order valence-electron chi connectivity index (χ1n) is 12.1. The van der Waals surface area contributed by atoms with Gasteiger partial charge in [0.25, 0.3) is 10.0 Å². The van der Waals surface area contributed by atoms with Crippen molar-refractivity contribution in [2.24, 2.45) is 0 Å². The SMILES string of the molecule is CCCCC(C(=O)O)N(c1ccc2cc(-c3noc(C(C)C)n3)ccc2c1)S(=O)(=O)c1cc(Cl)cc(Cl)c1. The molecule has 0 aliphatic rings. The number of nitrogens with zero attached hydrogens (tertiary/aromatic N) is 3. The van der Waals surface area contributed by atoms with Gasteiger partial charge < -0.3 is 9.63 Å². The van der Waals surface area contributed by atoms with Gasteiger partial charge in [-0.05, 0) is 53.6 Å². The molecule has 38 heavy (non-hydrogen) atoms. The Hall–Kier alpha value is -3.14. The Morgan fingerprint density at radius 1 is 1.03 bits per heavy atom. The third-order valence-corrected chi connectivity index (χ3v) is 8.32. The molecule has 1 unspecified atom stereocenters. The first-order valence-corrected chi connectivity index (χ1v) is 14.3. The average molecular weight is 577 g/mol. The molecule has 0 fully saturated rings. The fourth-order valence-electron chi connectivity index (χ4n) is 4.11. The number of carboxylic acids is 1. The molecule has 3 aromatic carbocycles. The van der Waals surface area contributed by atoms with Crippen LogP contribution in [-0.2, 0) is 14.8 Å². The van der Waals surface area contributed by atoms with Crippen molar-refractivity contribution >= 4 is 55.7 Å². The summed E-state index contributed by atoms with van der Waals surface area (Å²) in [6.07, 6.45) is 1.36. The normalized spacial score (nSPS) is 12.7. The number of sulfonamides is 1. The first-order chi connectivity index (χ1) is 18.0. The van der Waals surface area contributed by atoms with E-state index in [1.807, 2.05) is 39.0 Å². The summed E-state index contributed by atoms with van der Waals surface area (Å²) in [5, 5.41) is 15.9. The second-order valence-electron chi connectivity index (χ2n) is 9.26. The number of benzene rings is 3. The van der Waals surface area contributed by atoms with Crippen LogP contribution in [0.25, 0.3) is 22.2 Å². The van der Waals surface area contributed by atoms with Crippen LogP contribution >= 0.6 is 23.2 Å². The summed E-state index contributed by atoms with van der Waals surface area (Å²) in [6, 6.07) is 13.1. The van der Waals surface area contributed by atoms with Crippen LogP contribution < -0.4 is 4.31 Å². The van der Waals surface area contributed by atoms with E-state index in [0.717, 1.165) is 15.3 Å².